The number of methoxy groups -OCH3 is 2. The molecule has 0 N–H and O–H groups in total. The number of benzene rings is 1. The molecule has 0 bridgehead atoms. The highest BCUT2D eigenvalue weighted by Gasteiger charge is 2.44. The molecule has 0 fully saturated rings. The van der Waals surface area contributed by atoms with Crippen LogP contribution >= 0.6 is 0 Å². The first-order chi connectivity index (χ1) is 14.5. The lowest BCUT2D eigenvalue weighted by molar-refractivity contribution is -0.0482. The Hall–Kier alpha value is -2.94. The van der Waals surface area contributed by atoms with Gasteiger partial charge in [0.1, 0.15) is 17.1 Å². The molecule has 1 aromatic carbocycles. The van der Waals surface area contributed by atoms with Crippen LogP contribution in [0.1, 0.15) is 6.92 Å². The van der Waals surface area contributed by atoms with Gasteiger partial charge in [0.2, 0.25) is 0 Å². The molecule has 1 atom stereocenters. The third-order valence-electron chi connectivity index (χ3n) is 3.85. The van der Waals surface area contributed by atoms with Crippen molar-refractivity contribution in [1.29, 1.82) is 0 Å². The van der Waals surface area contributed by atoms with Crippen molar-refractivity contribution in [3.05, 3.63) is 12.1 Å². The molecule has 172 valence electrons. The molecule has 15 heteroatoms. The van der Waals surface area contributed by atoms with Crippen molar-refractivity contribution < 1.29 is 31.0 Å². The molecule has 1 unspecified atom stereocenters. The second-order valence-corrected chi connectivity index (χ2v) is 7.93. The van der Waals surface area contributed by atoms with E-state index < -0.39 is 15.5 Å². The Bertz CT molecular complexity index is 1050. The van der Waals surface area contributed by atoms with Crippen LogP contribution in [0.4, 0.5) is 36.2 Å². The topological polar surface area (TPSA) is 116 Å². The highest BCUT2D eigenvalue weighted by molar-refractivity contribution is 7.90. The molecule has 31 heavy (non-hydrogen) atoms. The Kier molecular flexibility index (Phi) is 7.43. The summed E-state index contributed by atoms with van der Waals surface area (Å²) >= 11 is 0. The van der Waals surface area contributed by atoms with Gasteiger partial charge >= 0.3 is 11.5 Å². The maximum atomic E-state index is 13.3. The summed E-state index contributed by atoms with van der Waals surface area (Å²) in [5.41, 5.74) is -5.40. The van der Waals surface area contributed by atoms with E-state index in [0.717, 1.165) is 0 Å². The van der Waals surface area contributed by atoms with Crippen LogP contribution in [0.2, 0.25) is 0 Å². The molecule has 2 rings (SSSR count). The van der Waals surface area contributed by atoms with Crippen LogP contribution in [0, 0.1) is 0 Å². The van der Waals surface area contributed by atoms with Crippen molar-refractivity contribution in [2.75, 3.05) is 40.3 Å². The first-order valence-corrected chi connectivity index (χ1v) is 10.1. The van der Waals surface area contributed by atoms with Crippen LogP contribution in [0.25, 0.3) is 0 Å². The second-order valence-electron chi connectivity index (χ2n) is 6.00. The predicted molar refractivity (Wildman–Crippen MR) is 107 cm³/mol. The van der Waals surface area contributed by atoms with Gasteiger partial charge in [-0.3, -0.25) is 4.18 Å². The fourth-order valence-electron chi connectivity index (χ4n) is 2.34. The number of anilines is 1. The summed E-state index contributed by atoms with van der Waals surface area (Å²) in [5, 5.41) is 11.8. The zero-order valence-electron chi connectivity index (χ0n) is 17.7. The van der Waals surface area contributed by atoms with Crippen molar-refractivity contribution in [1.82, 2.24) is 14.8 Å². The molecular weight excluding hydrogens is 443 g/mol. The molecule has 0 spiro atoms. The van der Waals surface area contributed by atoms with Crippen molar-refractivity contribution in [3.63, 3.8) is 0 Å². The Balaban J connectivity index is 2.70. The summed E-state index contributed by atoms with van der Waals surface area (Å²) in [6.07, 6.45) is 0. The molecule has 0 saturated carbocycles. The first-order valence-electron chi connectivity index (χ1n) is 8.68. The third kappa shape index (κ3) is 5.22. The highest BCUT2D eigenvalue weighted by atomic mass is 32.2. The normalized spacial score (nSPS) is 13.8. The lowest BCUT2D eigenvalue weighted by atomic mass is 10.2. The number of hydrogen-bond acceptors (Lipinski definition) is 10. The maximum Gasteiger partial charge on any atom is 0.504 e. The molecule has 0 aliphatic carbocycles. The number of aromatic nitrogens is 3. The van der Waals surface area contributed by atoms with Gasteiger partial charge in [-0.15, -0.1) is 15.3 Å². The van der Waals surface area contributed by atoms with E-state index in [1.807, 2.05) is 0 Å². The Morgan fingerprint density at radius 3 is 2.26 bits per heavy atom. The van der Waals surface area contributed by atoms with Gasteiger partial charge in [-0.25, -0.2) is 8.89 Å². The van der Waals surface area contributed by atoms with Gasteiger partial charge < -0.3 is 14.4 Å². The fraction of sp³-hybridized carbons (Fsp3) is 0.500. The van der Waals surface area contributed by atoms with Crippen LogP contribution in [-0.4, -0.2) is 59.9 Å². The van der Waals surface area contributed by atoms with Gasteiger partial charge in [0.05, 0.1) is 27.0 Å². The fourth-order valence-corrected chi connectivity index (χ4v) is 3.11. The summed E-state index contributed by atoms with van der Waals surface area (Å²) < 4.78 is 71.4. The molecule has 0 aliphatic rings. The van der Waals surface area contributed by atoms with E-state index in [1.165, 1.54) is 31.0 Å². The van der Waals surface area contributed by atoms with Crippen LogP contribution < -0.4 is 14.4 Å². The number of aryl methyl sites for hydroxylation is 1. The summed E-state index contributed by atoms with van der Waals surface area (Å²) in [7, 11) is 1.66. The van der Waals surface area contributed by atoms with Gasteiger partial charge in [-0.05, 0) is 13.0 Å². The predicted octanol–water partition coefficient (Wildman–Crippen LogP) is 3.98. The monoisotopic (exact) mass is 465 g/mol. The van der Waals surface area contributed by atoms with E-state index in [1.54, 1.807) is 25.9 Å². The largest absolute Gasteiger partial charge is 0.504 e. The molecule has 11 nitrogen and oxygen atoms in total. The molecule has 1 heterocycles. The number of halogens is 3. The van der Waals surface area contributed by atoms with E-state index in [-0.39, 0.29) is 29.1 Å². The van der Waals surface area contributed by atoms with Gasteiger partial charge in [0.25, 0.3) is 16.0 Å². The highest BCUT2D eigenvalue weighted by Crippen LogP contribution is 2.42. The molecule has 0 saturated heterocycles. The van der Waals surface area contributed by atoms with E-state index in [4.69, 9.17) is 9.47 Å². The zero-order valence-corrected chi connectivity index (χ0v) is 18.5. The van der Waals surface area contributed by atoms with Crippen LogP contribution in [-0.2, 0) is 20.7 Å². The second kappa shape index (κ2) is 9.47. The van der Waals surface area contributed by atoms with Gasteiger partial charge in [-0.2, -0.15) is 22.5 Å². The van der Waals surface area contributed by atoms with Crippen molar-refractivity contribution in [3.8, 4) is 11.8 Å². The minimum Gasteiger partial charge on any atom is -0.494 e. The Labute approximate surface area is 177 Å². The first kappa shape index (κ1) is 24.3. The van der Waals surface area contributed by atoms with Gasteiger partial charge in [0, 0.05) is 26.7 Å². The van der Waals surface area contributed by atoms with E-state index in [0.29, 0.717) is 19.3 Å². The van der Waals surface area contributed by atoms with Crippen LogP contribution in [0.3, 0.4) is 0 Å². The van der Waals surface area contributed by atoms with Crippen LogP contribution in [0.15, 0.2) is 26.7 Å². The smallest absolute Gasteiger partial charge is 0.494 e. The number of hydrogen-bond donors (Lipinski definition) is 0. The summed E-state index contributed by atoms with van der Waals surface area (Å²) in [4.78, 5) is 5.58. The van der Waals surface area contributed by atoms with E-state index in [2.05, 4.69) is 28.9 Å². The number of alkyl halides is 3. The quantitative estimate of drug-likeness (QED) is 0.542. The standard InChI is InChI=1S/C16H22F3N7O4S/c1-7-26-15(29-5)20-14(23-26)22-21-10-9-13(28-4)12(25(2)3)8-11(10)24-31(27,30-6)16(17,18)19/h8-9H,7H2,1-6H3. The third-order valence-corrected chi connectivity index (χ3v) is 5.32. The number of nitrogens with zero attached hydrogens (tertiary/aromatic N) is 7. The number of rotatable bonds is 8. The zero-order chi connectivity index (χ0) is 23.4. The number of azo groups is 1. The Morgan fingerprint density at radius 1 is 1.13 bits per heavy atom. The minimum absolute atomic E-state index is 0.0939. The average Bonchev–Trinajstić information content (AvgIpc) is 3.13. The lowest BCUT2D eigenvalue weighted by Crippen LogP contribution is -2.23. The molecule has 0 aliphatic heterocycles. The molecular formula is C16H22F3N7O4S. The molecule has 1 aromatic heterocycles. The Morgan fingerprint density at radius 2 is 1.81 bits per heavy atom. The molecule has 0 amide bonds. The maximum absolute atomic E-state index is 13.3. The van der Waals surface area contributed by atoms with E-state index in [9.17, 15) is 17.4 Å². The SMILES string of the molecule is CCn1nc(N=Nc2cc(OC)c(N(C)C)cc2N=S(=O)(OC)C(F)(F)F)nc1OC. The van der Waals surface area contributed by atoms with Crippen molar-refractivity contribution >= 4 is 33.0 Å². The minimum atomic E-state index is -5.23. The van der Waals surface area contributed by atoms with Crippen molar-refractivity contribution in [2.45, 2.75) is 19.0 Å². The molecule has 2 aromatic rings. The lowest BCUT2D eigenvalue weighted by Gasteiger charge is -2.18. The summed E-state index contributed by atoms with van der Waals surface area (Å²) in [5.74, 6) is 0.182. The molecule has 0 radical (unpaired) electrons. The average molecular weight is 465 g/mol. The summed E-state index contributed by atoms with van der Waals surface area (Å²) in [6, 6.07) is 2.72. The number of ether oxygens (including phenoxy) is 2. The van der Waals surface area contributed by atoms with Crippen molar-refractivity contribution in [2.24, 2.45) is 14.6 Å². The van der Waals surface area contributed by atoms with Crippen LogP contribution in [0.5, 0.6) is 11.8 Å². The van der Waals surface area contributed by atoms with Gasteiger partial charge in [-0.1, -0.05) is 0 Å². The van der Waals surface area contributed by atoms with Gasteiger partial charge in [0.15, 0.2) is 0 Å². The summed E-state index contributed by atoms with van der Waals surface area (Å²) in [6.45, 7) is 2.25. The van der Waals surface area contributed by atoms with E-state index >= 15 is 0 Å².